The van der Waals surface area contributed by atoms with Gasteiger partial charge in [0.1, 0.15) is 0 Å². The maximum atomic E-state index is 12.8. The Kier molecular flexibility index (Phi) is 3.59. The lowest BCUT2D eigenvalue weighted by Gasteiger charge is -2.45. The molecular weight excluding hydrogens is 240 g/mol. The normalized spacial score (nSPS) is 20.7. The Balaban J connectivity index is 2.29. The largest absolute Gasteiger partial charge is 0.293 e. The molecule has 2 rings (SSSR count). The molecule has 0 N–H and O–H groups in total. The minimum Gasteiger partial charge on any atom is -0.293 e. The SMILES string of the molecule is Cc1ccc(C(=O)C(C)(C)S2(C)CCCC2)cc1. The molecule has 0 bridgehead atoms. The Bertz CT molecular complexity index is 439. The molecule has 1 nitrogen and oxygen atoms in total. The third-order valence-corrected chi connectivity index (χ3v) is 9.56. The van der Waals surface area contributed by atoms with E-state index in [1.165, 1.54) is 29.9 Å². The molecule has 1 aliphatic rings. The fraction of sp³-hybridized carbons (Fsp3) is 0.562. The summed E-state index contributed by atoms with van der Waals surface area (Å²) < 4.78 is -0.182. The summed E-state index contributed by atoms with van der Waals surface area (Å²) >= 11 is 0. The molecule has 1 saturated heterocycles. The number of carbonyl (C=O) groups excluding carboxylic acids is 1. The minimum atomic E-state index is -0.789. The van der Waals surface area contributed by atoms with Crippen LogP contribution in [0.25, 0.3) is 0 Å². The molecule has 1 aliphatic heterocycles. The summed E-state index contributed by atoms with van der Waals surface area (Å²) in [7, 11) is -0.789. The molecular formula is C16H24OS. The van der Waals surface area contributed by atoms with Crippen LogP contribution < -0.4 is 0 Å². The van der Waals surface area contributed by atoms with Gasteiger partial charge in [-0.2, -0.15) is 0 Å². The highest BCUT2D eigenvalue weighted by atomic mass is 32.3. The number of aryl methyl sites for hydroxylation is 1. The predicted octanol–water partition coefficient (Wildman–Crippen LogP) is 4.18. The van der Waals surface area contributed by atoms with Crippen LogP contribution in [0.1, 0.15) is 42.6 Å². The van der Waals surface area contributed by atoms with E-state index in [0.29, 0.717) is 5.78 Å². The van der Waals surface area contributed by atoms with Crippen molar-refractivity contribution in [2.45, 2.75) is 38.4 Å². The Morgan fingerprint density at radius 2 is 1.61 bits per heavy atom. The van der Waals surface area contributed by atoms with E-state index in [2.05, 4.69) is 27.0 Å². The summed E-state index contributed by atoms with van der Waals surface area (Å²) in [4.78, 5) is 12.8. The van der Waals surface area contributed by atoms with Gasteiger partial charge in [0.25, 0.3) is 0 Å². The molecule has 2 heteroatoms. The van der Waals surface area contributed by atoms with Gasteiger partial charge in [-0.3, -0.25) is 4.79 Å². The Morgan fingerprint density at radius 3 is 2.11 bits per heavy atom. The summed E-state index contributed by atoms with van der Waals surface area (Å²) in [5.74, 6) is 2.86. The number of ketones is 1. The van der Waals surface area contributed by atoms with Gasteiger partial charge in [0.15, 0.2) is 5.78 Å². The number of hydrogen-bond acceptors (Lipinski definition) is 1. The first-order chi connectivity index (χ1) is 8.37. The molecule has 0 aliphatic carbocycles. The van der Waals surface area contributed by atoms with Crippen molar-refractivity contribution in [2.75, 3.05) is 17.8 Å². The van der Waals surface area contributed by atoms with Gasteiger partial charge in [0, 0.05) is 5.56 Å². The summed E-state index contributed by atoms with van der Waals surface area (Å²) in [6, 6.07) is 8.04. The van der Waals surface area contributed by atoms with Crippen LogP contribution in [-0.4, -0.2) is 28.3 Å². The molecule has 18 heavy (non-hydrogen) atoms. The number of carbonyl (C=O) groups is 1. The Morgan fingerprint density at radius 1 is 1.11 bits per heavy atom. The second-order valence-corrected chi connectivity index (χ2v) is 10.5. The molecule has 0 amide bonds. The molecule has 0 saturated carbocycles. The fourth-order valence-corrected chi connectivity index (χ4v) is 6.20. The van der Waals surface area contributed by atoms with Crippen LogP contribution >= 0.6 is 10.0 Å². The standard InChI is InChI=1S/C16H24OS/c1-13-7-9-14(10-8-13)15(17)16(2,3)18(4)11-5-6-12-18/h7-10H,5-6,11-12H2,1-4H3. The molecule has 100 valence electrons. The molecule has 0 aromatic heterocycles. The lowest BCUT2D eigenvalue weighted by atomic mass is 9.99. The van der Waals surface area contributed by atoms with Gasteiger partial charge in [-0.05, 0) is 51.4 Å². The summed E-state index contributed by atoms with van der Waals surface area (Å²) in [6.45, 7) is 6.38. The maximum absolute atomic E-state index is 12.8. The minimum absolute atomic E-state index is 0.182. The van der Waals surface area contributed by atoms with Gasteiger partial charge in [0.2, 0.25) is 0 Å². The Hall–Kier alpha value is -0.760. The zero-order chi connectivity index (χ0) is 13.4. The van der Waals surface area contributed by atoms with Crippen molar-refractivity contribution < 1.29 is 4.79 Å². The van der Waals surface area contributed by atoms with Gasteiger partial charge >= 0.3 is 0 Å². The van der Waals surface area contributed by atoms with E-state index < -0.39 is 10.0 Å². The first-order valence-corrected chi connectivity index (χ1v) is 9.09. The zero-order valence-electron chi connectivity index (χ0n) is 12.0. The zero-order valence-corrected chi connectivity index (χ0v) is 12.8. The van der Waals surface area contributed by atoms with E-state index in [0.717, 1.165) is 5.56 Å². The van der Waals surface area contributed by atoms with Gasteiger partial charge in [-0.25, -0.2) is 10.0 Å². The van der Waals surface area contributed by atoms with Gasteiger partial charge in [-0.1, -0.05) is 29.8 Å². The van der Waals surface area contributed by atoms with Gasteiger partial charge in [0.05, 0.1) is 4.75 Å². The van der Waals surface area contributed by atoms with Crippen LogP contribution in [0.5, 0.6) is 0 Å². The summed E-state index contributed by atoms with van der Waals surface area (Å²) in [5, 5.41) is 0. The highest BCUT2D eigenvalue weighted by Gasteiger charge is 2.43. The van der Waals surface area contributed by atoms with Crippen LogP contribution in [0.3, 0.4) is 0 Å². The molecule has 1 heterocycles. The first kappa shape index (κ1) is 13.7. The van der Waals surface area contributed by atoms with Crippen LogP contribution in [0.2, 0.25) is 0 Å². The van der Waals surface area contributed by atoms with Crippen LogP contribution in [0, 0.1) is 6.92 Å². The molecule has 0 spiro atoms. The van der Waals surface area contributed by atoms with Gasteiger partial charge in [-0.15, -0.1) is 0 Å². The second kappa shape index (κ2) is 4.73. The average Bonchev–Trinajstić information content (AvgIpc) is 2.78. The van der Waals surface area contributed by atoms with E-state index in [1.807, 2.05) is 24.3 Å². The average molecular weight is 264 g/mol. The van der Waals surface area contributed by atoms with E-state index in [-0.39, 0.29) is 4.75 Å². The van der Waals surface area contributed by atoms with Crippen LogP contribution in [0.15, 0.2) is 24.3 Å². The highest BCUT2D eigenvalue weighted by molar-refractivity contribution is 8.34. The van der Waals surface area contributed by atoms with Crippen molar-refractivity contribution in [3.63, 3.8) is 0 Å². The predicted molar refractivity (Wildman–Crippen MR) is 82.1 cm³/mol. The van der Waals surface area contributed by atoms with Crippen LogP contribution in [-0.2, 0) is 0 Å². The number of hydrogen-bond donors (Lipinski definition) is 0. The van der Waals surface area contributed by atoms with Crippen molar-refractivity contribution in [3.8, 4) is 0 Å². The van der Waals surface area contributed by atoms with Crippen molar-refractivity contribution in [3.05, 3.63) is 35.4 Å². The smallest absolute Gasteiger partial charge is 0.176 e. The third-order valence-electron chi connectivity index (χ3n) is 4.53. The Labute approximate surface area is 112 Å². The van der Waals surface area contributed by atoms with Crippen molar-refractivity contribution in [1.82, 2.24) is 0 Å². The molecule has 0 radical (unpaired) electrons. The first-order valence-electron chi connectivity index (χ1n) is 6.72. The van der Waals surface area contributed by atoms with Crippen LogP contribution in [0.4, 0.5) is 0 Å². The second-order valence-electron chi connectivity index (χ2n) is 6.10. The van der Waals surface area contributed by atoms with Crippen molar-refractivity contribution in [1.29, 1.82) is 0 Å². The van der Waals surface area contributed by atoms with E-state index in [4.69, 9.17) is 0 Å². The molecule has 0 atom stereocenters. The summed E-state index contributed by atoms with van der Waals surface area (Å²) in [6.07, 6.45) is 4.97. The monoisotopic (exact) mass is 264 g/mol. The topological polar surface area (TPSA) is 17.1 Å². The summed E-state index contributed by atoms with van der Waals surface area (Å²) in [5.41, 5.74) is 2.09. The van der Waals surface area contributed by atoms with Gasteiger partial charge < -0.3 is 0 Å². The van der Waals surface area contributed by atoms with Crippen molar-refractivity contribution in [2.24, 2.45) is 0 Å². The molecule has 1 aromatic rings. The fourth-order valence-electron chi connectivity index (χ4n) is 2.73. The highest BCUT2D eigenvalue weighted by Crippen LogP contribution is 2.61. The van der Waals surface area contributed by atoms with E-state index >= 15 is 0 Å². The maximum Gasteiger partial charge on any atom is 0.176 e. The molecule has 0 unspecified atom stereocenters. The lowest BCUT2D eigenvalue weighted by Crippen LogP contribution is -2.38. The van der Waals surface area contributed by atoms with E-state index in [9.17, 15) is 4.79 Å². The quantitative estimate of drug-likeness (QED) is 0.748. The molecule has 1 fully saturated rings. The molecule has 1 aromatic carbocycles. The number of benzene rings is 1. The lowest BCUT2D eigenvalue weighted by molar-refractivity contribution is 0.0956. The number of rotatable bonds is 3. The van der Waals surface area contributed by atoms with E-state index in [1.54, 1.807) is 0 Å². The van der Waals surface area contributed by atoms with Crippen molar-refractivity contribution >= 4 is 15.8 Å². The number of Topliss-reactive ketones (excluding diaryl/α,β-unsaturated/α-hetero) is 1. The third kappa shape index (κ3) is 2.23.